The first-order chi connectivity index (χ1) is 11.5. The number of ether oxygens (including phenoxy) is 2. The van der Waals surface area contributed by atoms with Crippen LogP contribution in [0.4, 0.5) is 5.69 Å². The van der Waals surface area contributed by atoms with Crippen molar-refractivity contribution in [2.24, 2.45) is 5.73 Å². The van der Waals surface area contributed by atoms with Gasteiger partial charge < -0.3 is 20.5 Å². The number of hydrogen-bond donors (Lipinski definition) is 2. The molecule has 0 bridgehead atoms. The van der Waals surface area contributed by atoms with Gasteiger partial charge in [0.15, 0.2) is 11.5 Å². The molecule has 0 unspecified atom stereocenters. The first-order valence-electron chi connectivity index (χ1n) is 7.66. The lowest BCUT2D eigenvalue weighted by Gasteiger charge is -2.13. The van der Waals surface area contributed by atoms with E-state index in [1.807, 2.05) is 13.8 Å². The van der Waals surface area contributed by atoms with Crippen molar-refractivity contribution in [1.82, 2.24) is 0 Å². The van der Waals surface area contributed by atoms with Gasteiger partial charge in [0.2, 0.25) is 5.91 Å². The van der Waals surface area contributed by atoms with E-state index in [0.29, 0.717) is 41.5 Å². The normalized spacial score (nSPS) is 10.1. The summed E-state index contributed by atoms with van der Waals surface area (Å²) < 4.78 is 11.0. The smallest absolute Gasteiger partial charge is 0.255 e. The van der Waals surface area contributed by atoms with Crippen LogP contribution in [-0.2, 0) is 0 Å². The van der Waals surface area contributed by atoms with Gasteiger partial charge in [-0.05, 0) is 50.2 Å². The van der Waals surface area contributed by atoms with Gasteiger partial charge in [-0.3, -0.25) is 9.59 Å². The number of hydrogen-bond acceptors (Lipinski definition) is 4. The fourth-order valence-electron chi connectivity index (χ4n) is 2.12. The van der Waals surface area contributed by atoms with E-state index >= 15 is 0 Å². The third-order valence-corrected chi connectivity index (χ3v) is 3.23. The molecular weight excluding hydrogens is 308 g/mol. The minimum absolute atomic E-state index is 0.294. The first kappa shape index (κ1) is 17.3. The Morgan fingerprint density at radius 3 is 2.08 bits per heavy atom. The molecule has 126 valence electrons. The van der Waals surface area contributed by atoms with Crippen LogP contribution in [0, 0.1) is 0 Å². The van der Waals surface area contributed by atoms with E-state index in [4.69, 9.17) is 15.2 Å². The van der Waals surface area contributed by atoms with Gasteiger partial charge in [-0.15, -0.1) is 0 Å². The number of rotatable bonds is 7. The summed E-state index contributed by atoms with van der Waals surface area (Å²) in [6.45, 7) is 4.78. The molecule has 6 nitrogen and oxygen atoms in total. The Labute approximate surface area is 140 Å². The number of carbonyl (C=O) groups is 2. The molecule has 24 heavy (non-hydrogen) atoms. The summed E-state index contributed by atoms with van der Waals surface area (Å²) in [4.78, 5) is 23.3. The highest BCUT2D eigenvalue weighted by Gasteiger charge is 2.10. The van der Waals surface area contributed by atoms with Crippen LogP contribution in [-0.4, -0.2) is 25.0 Å². The Bertz CT molecular complexity index is 726. The molecule has 0 spiro atoms. The summed E-state index contributed by atoms with van der Waals surface area (Å²) in [6.07, 6.45) is 0. The molecule has 2 rings (SSSR count). The van der Waals surface area contributed by atoms with Crippen molar-refractivity contribution < 1.29 is 19.1 Å². The predicted molar refractivity (Wildman–Crippen MR) is 91.7 cm³/mol. The molecule has 0 atom stereocenters. The van der Waals surface area contributed by atoms with Gasteiger partial charge >= 0.3 is 0 Å². The molecule has 0 aliphatic rings. The third kappa shape index (κ3) is 4.25. The molecule has 0 aromatic heterocycles. The fourth-order valence-corrected chi connectivity index (χ4v) is 2.12. The van der Waals surface area contributed by atoms with E-state index in [2.05, 4.69) is 5.32 Å². The Balaban J connectivity index is 2.15. The first-order valence-corrected chi connectivity index (χ1v) is 7.66. The van der Waals surface area contributed by atoms with E-state index in [0.717, 1.165) is 0 Å². The van der Waals surface area contributed by atoms with Crippen LogP contribution in [0.25, 0.3) is 0 Å². The fraction of sp³-hybridized carbons (Fsp3) is 0.222. The van der Waals surface area contributed by atoms with Crippen LogP contribution in [0.15, 0.2) is 42.5 Å². The van der Waals surface area contributed by atoms with Crippen molar-refractivity contribution in [2.75, 3.05) is 18.5 Å². The summed E-state index contributed by atoms with van der Waals surface area (Å²) >= 11 is 0. The molecule has 0 heterocycles. The summed E-state index contributed by atoms with van der Waals surface area (Å²) in [7, 11) is 0. The zero-order valence-corrected chi connectivity index (χ0v) is 13.7. The van der Waals surface area contributed by atoms with Crippen LogP contribution in [0.2, 0.25) is 0 Å². The van der Waals surface area contributed by atoms with Crippen LogP contribution in [0.1, 0.15) is 34.6 Å². The highest BCUT2D eigenvalue weighted by Crippen LogP contribution is 2.30. The van der Waals surface area contributed by atoms with Gasteiger partial charge in [0.25, 0.3) is 5.91 Å². The zero-order chi connectivity index (χ0) is 17.5. The number of anilines is 1. The standard InChI is InChI=1S/C18H20N2O4/c1-3-23-15-10-9-14(11-16(15)24-4-2)20-18(22)13-7-5-12(6-8-13)17(19)21/h5-11H,3-4H2,1-2H3,(H2,19,21)(H,20,22). The number of primary amides is 1. The highest BCUT2D eigenvalue weighted by atomic mass is 16.5. The molecule has 0 saturated heterocycles. The van der Waals surface area contributed by atoms with Crippen LogP contribution in [0.3, 0.4) is 0 Å². The van der Waals surface area contributed by atoms with Crippen molar-refractivity contribution in [2.45, 2.75) is 13.8 Å². The average molecular weight is 328 g/mol. The Morgan fingerprint density at radius 2 is 1.50 bits per heavy atom. The van der Waals surface area contributed by atoms with Crippen molar-refractivity contribution >= 4 is 17.5 Å². The number of amides is 2. The molecular formula is C18H20N2O4. The second-order valence-electron chi connectivity index (χ2n) is 4.92. The average Bonchev–Trinajstić information content (AvgIpc) is 2.57. The maximum atomic E-state index is 12.3. The van der Waals surface area contributed by atoms with E-state index in [1.54, 1.807) is 30.3 Å². The number of carbonyl (C=O) groups excluding carboxylic acids is 2. The summed E-state index contributed by atoms with van der Waals surface area (Å²) in [5.41, 5.74) is 6.55. The molecule has 2 aromatic rings. The molecule has 2 amide bonds. The number of nitrogens with two attached hydrogens (primary N) is 1. The predicted octanol–water partition coefficient (Wildman–Crippen LogP) is 2.84. The van der Waals surface area contributed by atoms with E-state index in [1.165, 1.54) is 12.1 Å². The monoisotopic (exact) mass is 328 g/mol. The van der Waals surface area contributed by atoms with Crippen molar-refractivity contribution in [3.63, 3.8) is 0 Å². The zero-order valence-electron chi connectivity index (χ0n) is 13.7. The van der Waals surface area contributed by atoms with Crippen molar-refractivity contribution in [3.05, 3.63) is 53.6 Å². The van der Waals surface area contributed by atoms with Crippen LogP contribution >= 0.6 is 0 Å². The van der Waals surface area contributed by atoms with E-state index in [9.17, 15) is 9.59 Å². The lowest BCUT2D eigenvalue weighted by molar-refractivity contribution is 0.0995. The second kappa shape index (κ2) is 8.01. The summed E-state index contributed by atoms with van der Waals surface area (Å²) in [5, 5.41) is 2.78. The molecule has 6 heteroatoms. The van der Waals surface area contributed by atoms with E-state index in [-0.39, 0.29) is 5.91 Å². The van der Waals surface area contributed by atoms with E-state index < -0.39 is 5.91 Å². The summed E-state index contributed by atoms with van der Waals surface area (Å²) in [5.74, 6) is 0.372. The minimum Gasteiger partial charge on any atom is -0.490 e. The van der Waals surface area contributed by atoms with Gasteiger partial charge in [-0.1, -0.05) is 0 Å². The molecule has 2 aromatic carbocycles. The lowest BCUT2D eigenvalue weighted by Crippen LogP contribution is -2.14. The lowest BCUT2D eigenvalue weighted by atomic mass is 10.1. The topological polar surface area (TPSA) is 90.6 Å². The van der Waals surface area contributed by atoms with Gasteiger partial charge in [0.1, 0.15) is 0 Å². The molecule has 3 N–H and O–H groups in total. The van der Waals surface area contributed by atoms with Gasteiger partial charge in [0.05, 0.1) is 13.2 Å². The molecule has 0 aliphatic carbocycles. The minimum atomic E-state index is -0.533. The Morgan fingerprint density at radius 1 is 0.917 bits per heavy atom. The number of benzene rings is 2. The van der Waals surface area contributed by atoms with Crippen molar-refractivity contribution in [3.8, 4) is 11.5 Å². The van der Waals surface area contributed by atoms with Gasteiger partial charge in [-0.25, -0.2) is 0 Å². The maximum absolute atomic E-state index is 12.3. The quantitative estimate of drug-likeness (QED) is 0.817. The SMILES string of the molecule is CCOc1ccc(NC(=O)c2ccc(C(N)=O)cc2)cc1OCC. The van der Waals surface area contributed by atoms with Crippen LogP contribution < -0.4 is 20.5 Å². The second-order valence-corrected chi connectivity index (χ2v) is 4.92. The Kier molecular flexibility index (Phi) is 5.78. The molecule has 0 fully saturated rings. The highest BCUT2D eigenvalue weighted by molar-refractivity contribution is 6.05. The van der Waals surface area contributed by atoms with Gasteiger partial charge in [-0.2, -0.15) is 0 Å². The number of nitrogens with one attached hydrogen (secondary N) is 1. The molecule has 0 radical (unpaired) electrons. The largest absolute Gasteiger partial charge is 0.490 e. The van der Waals surface area contributed by atoms with Gasteiger partial charge in [0, 0.05) is 22.9 Å². The Hall–Kier alpha value is -3.02. The third-order valence-electron chi connectivity index (χ3n) is 3.23. The summed E-state index contributed by atoms with van der Waals surface area (Å²) in [6, 6.07) is 11.3. The van der Waals surface area contributed by atoms with Crippen molar-refractivity contribution in [1.29, 1.82) is 0 Å². The molecule has 0 aliphatic heterocycles. The molecule has 0 saturated carbocycles. The maximum Gasteiger partial charge on any atom is 0.255 e. The van der Waals surface area contributed by atoms with Crippen LogP contribution in [0.5, 0.6) is 11.5 Å².